The van der Waals surface area contributed by atoms with Crippen molar-refractivity contribution in [3.63, 3.8) is 0 Å². The van der Waals surface area contributed by atoms with Crippen LogP contribution in [0.5, 0.6) is 0 Å². The molecule has 0 bridgehead atoms. The molecule has 1 heterocycles. The van der Waals surface area contributed by atoms with Crippen LogP contribution in [-0.2, 0) is 38.2 Å². The van der Waals surface area contributed by atoms with E-state index in [0.717, 1.165) is 154 Å². The molecule has 0 aromatic carbocycles. The Hall–Kier alpha value is -2.54. The van der Waals surface area contributed by atoms with Crippen molar-refractivity contribution in [1.29, 1.82) is 0 Å². The number of rotatable bonds is 56. The molecule has 0 aromatic heterocycles. The molecule has 12 nitrogen and oxygen atoms in total. The van der Waals surface area contributed by atoms with Gasteiger partial charge < -0.3 is 39.9 Å². The van der Waals surface area contributed by atoms with Gasteiger partial charge in [0.25, 0.3) is 0 Å². The number of carbonyl (C=O) groups is 6. The summed E-state index contributed by atoms with van der Waals surface area (Å²) in [4.78, 5) is 77.3. The number of unbranched alkanes of at least 4 members (excludes halogenated alkanes) is 36. The molecule has 0 unspecified atom stereocenters. The maximum Gasteiger partial charge on any atom is 0.221 e. The van der Waals surface area contributed by atoms with Gasteiger partial charge in [-0.25, -0.2) is 0 Å². The van der Waals surface area contributed by atoms with Crippen LogP contribution in [0.3, 0.4) is 0 Å². The molecule has 4 N–H and O–H groups in total. The van der Waals surface area contributed by atoms with Crippen LogP contribution in [0.25, 0.3) is 0 Å². The lowest BCUT2D eigenvalue weighted by atomic mass is 9.88. The highest BCUT2D eigenvalue weighted by molar-refractivity contribution is 5.88. The Morgan fingerprint density at radius 2 is 0.773 bits per heavy atom. The number of amides is 2. The third-order valence-electron chi connectivity index (χ3n) is 15.9. The van der Waals surface area contributed by atoms with Gasteiger partial charge in [0.05, 0.1) is 12.6 Å². The first-order valence-electron chi connectivity index (χ1n) is 31.7. The zero-order chi connectivity index (χ0) is 54.8. The predicted octanol–water partition coefficient (Wildman–Crippen LogP) is 14.4. The fourth-order valence-corrected chi connectivity index (χ4v) is 11.0. The Morgan fingerprint density at radius 1 is 0.467 bits per heavy atom. The van der Waals surface area contributed by atoms with E-state index >= 15 is 0 Å². The number of ether oxygens (including phenoxy) is 2. The molecule has 0 aromatic rings. The molecule has 12 heteroatoms. The lowest BCUT2D eigenvalue weighted by molar-refractivity contribution is -0.241. The predicted molar refractivity (Wildman–Crippen MR) is 305 cm³/mol. The number of aliphatic hydroxyl groups excluding tert-OH is 2. The van der Waals surface area contributed by atoms with Gasteiger partial charge in [-0.05, 0) is 38.5 Å². The van der Waals surface area contributed by atoms with Crippen molar-refractivity contribution in [3.8, 4) is 0 Å². The molecule has 1 fully saturated rings. The fraction of sp³-hybridized carbons (Fsp3) is 0.905. The van der Waals surface area contributed by atoms with Gasteiger partial charge in [-0.2, -0.15) is 0 Å². The molecule has 1 aliphatic heterocycles. The van der Waals surface area contributed by atoms with Gasteiger partial charge in [0.2, 0.25) is 11.8 Å². The average molecular weight is 1060 g/mol. The Morgan fingerprint density at radius 3 is 1.09 bits per heavy atom. The van der Waals surface area contributed by atoms with E-state index in [1.807, 2.05) is 0 Å². The number of carbonyl (C=O) groups excluding carboxylic acids is 6. The van der Waals surface area contributed by atoms with Crippen LogP contribution >= 0.6 is 0 Å². The zero-order valence-electron chi connectivity index (χ0n) is 48.6. The van der Waals surface area contributed by atoms with E-state index < -0.39 is 60.8 Å². The quantitative estimate of drug-likeness (QED) is 0.0337. The van der Waals surface area contributed by atoms with Gasteiger partial charge in [0, 0.05) is 57.5 Å². The highest BCUT2D eigenvalue weighted by Crippen LogP contribution is 2.27. The molecule has 0 radical (unpaired) electrons. The smallest absolute Gasteiger partial charge is 0.221 e. The number of methoxy groups -OCH3 is 1. The van der Waals surface area contributed by atoms with Crippen LogP contribution in [0, 0.1) is 11.8 Å². The normalized spacial score (nSPS) is 18.4. The largest absolute Gasteiger partial charge is 0.394 e. The molecule has 1 rings (SSSR count). The van der Waals surface area contributed by atoms with Crippen LogP contribution < -0.4 is 10.6 Å². The Balaban J connectivity index is 3.04. The number of aliphatic hydroxyl groups is 2. The number of aldehydes is 2. The van der Waals surface area contributed by atoms with Crippen molar-refractivity contribution in [2.75, 3.05) is 13.7 Å². The summed E-state index contributed by atoms with van der Waals surface area (Å²) < 4.78 is 11.6. The van der Waals surface area contributed by atoms with Crippen LogP contribution in [0.4, 0.5) is 0 Å². The van der Waals surface area contributed by atoms with Gasteiger partial charge >= 0.3 is 0 Å². The van der Waals surface area contributed by atoms with Gasteiger partial charge in [-0.3, -0.25) is 19.2 Å². The third kappa shape index (κ3) is 37.8. The molecule has 438 valence electrons. The number of Topliss-reactive ketones (excluding diaryl/α,β-unsaturated/α-hetero) is 2. The van der Waals surface area contributed by atoms with E-state index in [9.17, 15) is 39.0 Å². The summed E-state index contributed by atoms with van der Waals surface area (Å²) in [6.45, 7) is 3.94. The molecule has 0 saturated carbocycles. The molecule has 1 aliphatic rings. The monoisotopic (exact) mass is 1060 g/mol. The second kappa shape index (κ2) is 50.9. The summed E-state index contributed by atoms with van der Waals surface area (Å²) in [5.41, 5.74) is 0. The van der Waals surface area contributed by atoms with E-state index in [0.29, 0.717) is 38.5 Å². The summed E-state index contributed by atoms with van der Waals surface area (Å²) in [7, 11) is 1.41. The van der Waals surface area contributed by atoms with E-state index in [1.54, 1.807) is 0 Å². The first-order chi connectivity index (χ1) is 36.7. The van der Waals surface area contributed by atoms with Crippen molar-refractivity contribution in [1.82, 2.24) is 10.6 Å². The summed E-state index contributed by atoms with van der Waals surface area (Å²) in [6, 6.07) is -2.11. The minimum atomic E-state index is -1.39. The highest BCUT2D eigenvalue weighted by Gasteiger charge is 2.47. The topological polar surface area (TPSA) is 185 Å². The van der Waals surface area contributed by atoms with Crippen LogP contribution in [0.15, 0.2) is 0 Å². The maximum absolute atomic E-state index is 14.1. The fourth-order valence-electron chi connectivity index (χ4n) is 11.0. The van der Waals surface area contributed by atoms with Gasteiger partial charge in [0.1, 0.15) is 42.4 Å². The van der Waals surface area contributed by atoms with E-state index in [4.69, 9.17) is 9.47 Å². The summed E-state index contributed by atoms with van der Waals surface area (Å²) >= 11 is 0. The van der Waals surface area contributed by atoms with E-state index in [-0.39, 0.29) is 24.4 Å². The average Bonchev–Trinajstić information content (AvgIpc) is 3.40. The molecular weight excluding hydrogens is 945 g/mol. The standard InChI is InChI=1S/C63H116N2O10/c1-4-6-8-10-12-14-16-22-28-34-40-46-55(69)53(44-38-32-26-20-18-24-30-36-42-48-66)50-58(71)64-60-61(63(74-3)75-57(52-68)62(60)73)65-59(72)51-54(45-39-33-27-21-19-25-31-37-43-49-67)56(70)47-41-35-29-23-17-15-13-11-9-7-5-2/h48-49,53-54,57,60-63,68,73H,4-47,50-52H2,1-3H3,(H,64,71)(H,65,72)/t53-,54-,57-,60-,61-,62-,63-/m1/s1. The van der Waals surface area contributed by atoms with E-state index in [1.165, 1.54) is 110 Å². The van der Waals surface area contributed by atoms with E-state index in [2.05, 4.69) is 24.5 Å². The second-order valence-electron chi connectivity index (χ2n) is 22.6. The molecule has 1 saturated heterocycles. The van der Waals surface area contributed by atoms with Crippen molar-refractivity contribution < 1.29 is 48.5 Å². The minimum absolute atomic E-state index is 0.0312. The lowest BCUT2D eigenvalue weighted by Gasteiger charge is -2.44. The molecule has 0 aliphatic carbocycles. The third-order valence-corrected chi connectivity index (χ3v) is 15.9. The summed E-state index contributed by atoms with van der Waals surface area (Å²) in [6.07, 6.45) is 44.1. The van der Waals surface area contributed by atoms with Crippen LogP contribution in [0.2, 0.25) is 0 Å². The lowest BCUT2D eigenvalue weighted by Crippen LogP contribution is -2.69. The summed E-state index contributed by atoms with van der Waals surface area (Å²) in [5, 5.41) is 27.8. The summed E-state index contributed by atoms with van der Waals surface area (Å²) in [5.74, 6) is -1.57. The molecule has 7 atom stereocenters. The first-order valence-corrected chi connectivity index (χ1v) is 31.7. The Labute approximate surface area is 458 Å². The van der Waals surface area contributed by atoms with Crippen LogP contribution in [-0.4, -0.2) is 90.5 Å². The van der Waals surface area contributed by atoms with Crippen molar-refractivity contribution in [3.05, 3.63) is 0 Å². The van der Waals surface area contributed by atoms with Crippen molar-refractivity contribution in [2.45, 2.75) is 340 Å². The molecule has 2 amide bonds. The van der Waals surface area contributed by atoms with Gasteiger partial charge in [0.15, 0.2) is 6.29 Å². The van der Waals surface area contributed by atoms with Crippen LogP contribution in [0.1, 0.15) is 309 Å². The maximum atomic E-state index is 14.1. The van der Waals surface area contributed by atoms with Crippen molar-refractivity contribution >= 4 is 36.0 Å². The number of ketones is 2. The molecular formula is C63H116N2O10. The SMILES string of the molecule is CCCCCCCCCCCCCC(=O)[C@H](CCCCCCCCCCC=O)CC(=O)N[C@H]1[C@H](OC)O[C@H](CO)[C@@H](O)[C@@H]1NC(=O)C[C@@H](CCCCCCCCCCC=O)C(=O)CCCCCCCCCCCCC. The molecule has 75 heavy (non-hydrogen) atoms. The van der Waals surface area contributed by atoms with Crippen molar-refractivity contribution in [2.24, 2.45) is 11.8 Å². The zero-order valence-corrected chi connectivity index (χ0v) is 48.6. The second-order valence-corrected chi connectivity index (χ2v) is 22.6. The molecule has 0 spiro atoms. The number of hydrogen-bond donors (Lipinski definition) is 4. The minimum Gasteiger partial charge on any atom is -0.394 e. The Bertz CT molecular complexity index is 1400. The van der Waals surface area contributed by atoms with Gasteiger partial charge in [-0.15, -0.1) is 0 Å². The highest BCUT2D eigenvalue weighted by atomic mass is 16.7. The Kier molecular flexibility index (Phi) is 47.9. The number of nitrogens with one attached hydrogen (secondary N) is 2. The van der Waals surface area contributed by atoms with Gasteiger partial charge in [-0.1, -0.05) is 232 Å². The number of hydrogen-bond acceptors (Lipinski definition) is 10. The first kappa shape index (κ1) is 70.5.